The molecule has 2 aromatic carbocycles. The lowest BCUT2D eigenvalue weighted by atomic mass is 10.2. The molecule has 0 spiro atoms. The van der Waals surface area contributed by atoms with Crippen molar-refractivity contribution in [3.05, 3.63) is 46.5 Å². The summed E-state index contributed by atoms with van der Waals surface area (Å²) in [5.74, 6) is 1.58. The summed E-state index contributed by atoms with van der Waals surface area (Å²) in [6.07, 6.45) is 0. The van der Waals surface area contributed by atoms with Crippen molar-refractivity contribution >= 4 is 17.6 Å². The SMILES string of the molecule is COc1ccc(OC)c(COC(=O)c2cc(Cl)c3c(c2)OCO3)c1. The van der Waals surface area contributed by atoms with E-state index in [-0.39, 0.29) is 19.0 Å². The van der Waals surface area contributed by atoms with Gasteiger partial charge in [0.1, 0.15) is 18.1 Å². The minimum absolute atomic E-state index is 0.0330. The van der Waals surface area contributed by atoms with Gasteiger partial charge in [0.15, 0.2) is 11.5 Å². The van der Waals surface area contributed by atoms with Gasteiger partial charge in [-0.1, -0.05) is 11.6 Å². The Labute approximate surface area is 143 Å². The topological polar surface area (TPSA) is 63.2 Å². The average Bonchev–Trinajstić information content (AvgIpc) is 3.08. The molecule has 0 unspecified atom stereocenters. The summed E-state index contributed by atoms with van der Waals surface area (Å²) in [6.45, 7) is 0.111. The van der Waals surface area contributed by atoms with Crippen LogP contribution < -0.4 is 18.9 Å². The number of carbonyl (C=O) groups is 1. The number of halogens is 1. The first kappa shape index (κ1) is 16.3. The third-order valence-electron chi connectivity index (χ3n) is 3.51. The Bertz CT molecular complexity index is 774. The molecular weight excluding hydrogens is 336 g/mol. The molecule has 126 valence electrons. The first-order chi connectivity index (χ1) is 11.6. The molecule has 1 aliphatic heterocycles. The predicted octanol–water partition coefficient (Wildman–Crippen LogP) is 3.44. The van der Waals surface area contributed by atoms with Crippen molar-refractivity contribution < 1.29 is 28.5 Å². The Hall–Kier alpha value is -2.60. The number of carbonyl (C=O) groups excluding carboxylic acids is 1. The van der Waals surface area contributed by atoms with Crippen molar-refractivity contribution in [1.82, 2.24) is 0 Å². The lowest BCUT2D eigenvalue weighted by molar-refractivity contribution is 0.0469. The van der Waals surface area contributed by atoms with Crippen molar-refractivity contribution in [2.75, 3.05) is 21.0 Å². The van der Waals surface area contributed by atoms with Crippen LogP contribution >= 0.6 is 11.6 Å². The largest absolute Gasteiger partial charge is 0.497 e. The monoisotopic (exact) mass is 350 g/mol. The van der Waals surface area contributed by atoms with Gasteiger partial charge in [-0.3, -0.25) is 0 Å². The van der Waals surface area contributed by atoms with Crippen LogP contribution in [0.1, 0.15) is 15.9 Å². The summed E-state index contributed by atoms with van der Waals surface area (Å²) in [5.41, 5.74) is 0.975. The molecule has 0 fully saturated rings. The molecule has 0 aliphatic carbocycles. The minimum atomic E-state index is -0.528. The Balaban J connectivity index is 1.75. The number of fused-ring (bicyclic) bond motifs is 1. The average molecular weight is 351 g/mol. The van der Waals surface area contributed by atoms with E-state index in [4.69, 9.17) is 35.3 Å². The van der Waals surface area contributed by atoms with Crippen LogP contribution in [0.15, 0.2) is 30.3 Å². The van der Waals surface area contributed by atoms with E-state index < -0.39 is 5.97 Å². The highest BCUT2D eigenvalue weighted by atomic mass is 35.5. The first-order valence-electron chi connectivity index (χ1n) is 7.09. The lowest BCUT2D eigenvalue weighted by Crippen LogP contribution is -2.06. The quantitative estimate of drug-likeness (QED) is 0.770. The van der Waals surface area contributed by atoms with E-state index in [2.05, 4.69) is 0 Å². The Morgan fingerprint density at radius 3 is 2.75 bits per heavy atom. The van der Waals surface area contributed by atoms with Crippen LogP contribution in [0, 0.1) is 0 Å². The molecule has 1 aliphatic rings. The maximum atomic E-state index is 12.3. The van der Waals surface area contributed by atoms with Gasteiger partial charge < -0.3 is 23.7 Å². The second kappa shape index (κ2) is 6.88. The van der Waals surface area contributed by atoms with Gasteiger partial charge in [0, 0.05) is 5.56 Å². The summed E-state index contributed by atoms with van der Waals surface area (Å²) >= 11 is 6.07. The number of rotatable bonds is 5. The second-order valence-corrected chi connectivity index (χ2v) is 5.35. The normalized spacial score (nSPS) is 12.0. The van der Waals surface area contributed by atoms with Crippen LogP contribution in [0.4, 0.5) is 0 Å². The molecule has 0 saturated carbocycles. The number of esters is 1. The van der Waals surface area contributed by atoms with Crippen molar-refractivity contribution in [2.45, 2.75) is 6.61 Å². The zero-order valence-electron chi connectivity index (χ0n) is 13.1. The predicted molar refractivity (Wildman–Crippen MR) is 86.2 cm³/mol. The van der Waals surface area contributed by atoms with Crippen molar-refractivity contribution in [1.29, 1.82) is 0 Å². The van der Waals surface area contributed by atoms with Crippen molar-refractivity contribution in [2.24, 2.45) is 0 Å². The highest BCUT2D eigenvalue weighted by molar-refractivity contribution is 6.32. The number of benzene rings is 2. The van der Waals surface area contributed by atoms with E-state index in [1.807, 2.05) is 0 Å². The molecule has 0 N–H and O–H groups in total. The van der Waals surface area contributed by atoms with E-state index in [0.29, 0.717) is 33.6 Å². The number of hydrogen-bond acceptors (Lipinski definition) is 6. The van der Waals surface area contributed by atoms with Gasteiger partial charge in [0.05, 0.1) is 24.8 Å². The van der Waals surface area contributed by atoms with Gasteiger partial charge in [-0.15, -0.1) is 0 Å². The van der Waals surface area contributed by atoms with Crippen LogP contribution in [0.5, 0.6) is 23.0 Å². The van der Waals surface area contributed by atoms with E-state index in [1.165, 1.54) is 6.07 Å². The van der Waals surface area contributed by atoms with Crippen molar-refractivity contribution in [3.63, 3.8) is 0 Å². The summed E-state index contributed by atoms with van der Waals surface area (Å²) in [4.78, 5) is 12.3. The van der Waals surface area contributed by atoms with E-state index in [9.17, 15) is 4.79 Å². The fraction of sp³-hybridized carbons (Fsp3) is 0.235. The summed E-state index contributed by atoms with van der Waals surface area (Å²) in [7, 11) is 3.11. The molecule has 0 saturated heterocycles. The lowest BCUT2D eigenvalue weighted by Gasteiger charge is -2.11. The third-order valence-corrected chi connectivity index (χ3v) is 3.79. The van der Waals surface area contributed by atoms with Crippen LogP contribution in [0.2, 0.25) is 5.02 Å². The third kappa shape index (κ3) is 3.19. The fourth-order valence-electron chi connectivity index (χ4n) is 2.31. The molecule has 0 atom stereocenters. The van der Waals surface area contributed by atoms with E-state index >= 15 is 0 Å². The molecule has 6 nitrogen and oxygen atoms in total. The zero-order chi connectivity index (χ0) is 17.1. The van der Waals surface area contributed by atoms with Gasteiger partial charge in [-0.05, 0) is 30.3 Å². The van der Waals surface area contributed by atoms with Gasteiger partial charge in [-0.25, -0.2) is 4.79 Å². The molecule has 24 heavy (non-hydrogen) atoms. The van der Waals surface area contributed by atoms with E-state index in [0.717, 1.165) is 0 Å². The van der Waals surface area contributed by atoms with Crippen LogP contribution in [0.3, 0.4) is 0 Å². The molecule has 0 aromatic heterocycles. The fourth-order valence-corrected chi connectivity index (χ4v) is 2.57. The van der Waals surface area contributed by atoms with Gasteiger partial charge in [-0.2, -0.15) is 0 Å². The van der Waals surface area contributed by atoms with Crippen LogP contribution in [0.25, 0.3) is 0 Å². The molecule has 0 amide bonds. The van der Waals surface area contributed by atoms with Gasteiger partial charge in [0.25, 0.3) is 0 Å². The van der Waals surface area contributed by atoms with Crippen molar-refractivity contribution in [3.8, 4) is 23.0 Å². The number of hydrogen-bond donors (Lipinski definition) is 0. The van der Waals surface area contributed by atoms with Gasteiger partial charge in [0.2, 0.25) is 6.79 Å². The summed E-state index contributed by atoms with van der Waals surface area (Å²) in [6, 6.07) is 8.29. The van der Waals surface area contributed by atoms with Crippen LogP contribution in [-0.4, -0.2) is 27.0 Å². The molecule has 3 rings (SSSR count). The maximum absolute atomic E-state index is 12.3. The second-order valence-electron chi connectivity index (χ2n) is 4.95. The molecule has 7 heteroatoms. The zero-order valence-corrected chi connectivity index (χ0v) is 13.9. The Kier molecular flexibility index (Phi) is 4.66. The highest BCUT2D eigenvalue weighted by Crippen LogP contribution is 2.40. The highest BCUT2D eigenvalue weighted by Gasteiger charge is 2.21. The Morgan fingerprint density at radius 2 is 2.00 bits per heavy atom. The molecular formula is C17H15ClO6. The number of ether oxygens (including phenoxy) is 5. The summed E-state index contributed by atoms with van der Waals surface area (Å²) in [5, 5.41) is 0.302. The smallest absolute Gasteiger partial charge is 0.338 e. The minimum Gasteiger partial charge on any atom is -0.497 e. The number of methoxy groups -OCH3 is 2. The standard InChI is InChI=1S/C17H15ClO6/c1-20-12-3-4-14(21-2)11(5-12)8-22-17(19)10-6-13(18)16-15(7-10)23-9-24-16/h3-7H,8-9H2,1-2H3. The molecule has 0 bridgehead atoms. The Morgan fingerprint density at radius 1 is 1.17 bits per heavy atom. The molecule has 2 aromatic rings. The first-order valence-corrected chi connectivity index (χ1v) is 7.47. The maximum Gasteiger partial charge on any atom is 0.338 e. The molecule has 1 heterocycles. The van der Waals surface area contributed by atoms with E-state index in [1.54, 1.807) is 38.5 Å². The molecule has 0 radical (unpaired) electrons. The van der Waals surface area contributed by atoms with Gasteiger partial charge >= 0.3 is 5.97 Å². The van der Waals surface area contributed by atoms with Crippen LogP contribution in [-0.2, 0) is 11.3 Å². The summed E-state index contributed by atoms with van der Waals surface area (Å²) < 4.78 is 26.2.